The maximum Gasteiger partial charge on any atom is 0.459 e. The quantitative estimate of drug-likeness (QED) is 0.597. The van der Waals surface area contributed by atoms with Gasteiger partial charge in [0.25, 0.3) is 5.91 Å². The van der Waals surface area contributed by atoms with E-state index in [0.717, 1.165) is 42.7 Å². The minimum atomic E-state index is -1.42. The second-order valence-corrected chi connectivity index (χ2v) is 8.05. The van der Waals surface area contributed by atoms with Crippen molar-refractivity contribution in [3.63, 3.8) is 0 Å². The van der Waals surface area contributed by atoms with Gasteiger partial charge in [0.2, 0.25) is 0 Å². The van der Waals surface area contributed by atoms with Crippen molar-refractivity contribution in [3.05, 3.63) is 64.7 Å². The van der Waals surface area contributed by atoms with E-state index in [-0.39, 0.29) is 11.7 Å². The van der Waals surface area contributed by atoms with Crippen molar-refractivity contribution >= 4 is 18.7 Å². The lowest BCUT2D eigenvalue weighted by atomic mass is 9.65. The van der Waals surface area contributed by atoms with Gasteiger partial charge in [-0.1, -0.05) is 24.3 Å². The third-order valence-corrected chi connectivity index (χ3v) is 6.27. The zero-order valence-electron chi connectivity index (χ0n) is 16.6. The highest BCUT2D eigenvalue weighted by Crippen LogP contribution is 2.34. The molecule has 2 aliphatic rings. The highest BCUT2D eigenvalue weighted by molar-refractivity contribution is 6.43. The van der Waals surface area contributed by atoms with Crippen LogP contribution in [0.2, 0.25) is 0 Å². The molecule has 0 bridgehead atoms. The molecule has 0 saturated carbocycles. The van der Waals surface area contributed by atoms with E-state index < -0.39 is 7.12 Å². The Morgan fingerprint density at radius 2 is 1.93 bits per heavy atom. The van der Waals surface area contributed by atoms with Gasteiger partial charge in [0.15, 0.2) is 0 Å². The van der Waals surface area contributed by atoms with Gasteiger partial charge < -0.3 is 26.0 Å². The summed E-state index contributed by atoms with van der Waals surface area (Å²) < 4.78 is 0. The maximum absolute atomic E-state index is 13.1. The van der Waals surface area contributed by atoms with Gasteiger partial charge >= 0.3 is 7.12 Å². The number of benzene rings is 2. The first-order valence-electron chi connectivity index (χ1n) is 10.4. The van der Waals surface area contributed by atoms with E-state index in [1.807, 2.05) is 29.2 Å². The van der Waals surface area contributed by atoms with Crippen molar-refractivity contribution < 1.29 is 14.8 Å². The van der Waals surface area contributed by atoms with Crippen molar-refractivity contribution in [2.24, 2.45) is 5.73 Å². The number of piperidine rings is 1. The van der Waals surface area contributed by atoms with Gasteiger partial charge in [-0.25, -0.2) is 0 Å². The lowest BCUT2D eigenvalue weighted by Gasteiger charge is -2.33. The molecule has 2 aliphatic heterocycles. The third-order valence-electron chi connectivity index (χ3n) is 6.27. The van der Waals surface area contributed by atoms with Gasteiger partial charge in [-0.3, -0.25) is 4.79 Å². The Bertz CT molecular complexity index is 881. The molecule has 29 heavy (non-hydrogen) atoms. The number of hydrogen-bond acceptors (Lipinski definition) is 5. The predicted molar refractivity (Wildman–Crippen MR) is 115 cm³/mol. The Balaban J connectivity index is 1.45. The van der Waals surface area contributed by atoms with Crippen LogP contribution in [0.4, 0.5) is 5.69 Å². The molecular weight excluding hydrogens is 365 g/mol. The number of likely N-dealkylation sites (tertiary alicyclic amines) is 1. The molecule has 2 aromatic rings. The van der Waals surface area contributed by atoms with Crippen molar-refractivity contribution in [1.29, 1.82) is 0 Å². The summed E-state index contributed by atoms with van der Waals surface area (Å²) in [4.78, 5) is 15.0. The average Bonchev–Trinajstić information content (AvgIpc) is 2.77. The molecule has 152 valence electrons. The summed E-state index contributed by atoms with van der Waals surface area (Å²) in [5.41, 5.74) is 10.5. The van der Waals surface area contributed by atoms with Crippen LogP contribution in [0.25, 0.3) is 0 Å². The minimum absolute atomic E-state index is 0.0127. The Hall–Kier alpha value is -2.35. The number of anilines is 1. The highest BCUT2D eigenvalue weighted by Gasteiger charge is 2.31. The number of fused-ring (bicyclic) bond motifs is 1. The molecule has 2 aromatic carbocycles. The van der Waals surface area contributed by atoms with E-state index in [4.69, 9.17) is 5.73 Å². The molecule has 0 aliphatic carbocycles. The van der Waals surface area contributed by atoms with Crippen molar-refractivity contribution in [2.45, 2.75) is 37.5 Å². The molecule has 0 aromatic heterocycles. The van der Waals surface area contributed by atoms with Crippen LogP contribution in [0.3, 0.4) is 0 Å². The van der Waals surface area contributed by atoms with Crippen LogP contribution >= 0.6 is 0 Å². The van der Waals surface area contributed by atoms with E-state index in [1.54, 1.807) is 0 Å². The fourth-order valence-electron chi connectivity index (χ4n) is 4.56. The summed E-state index contributed by atoms with van der Waals surface area (Å²) in [6.45, 7) is 2.68. The largest absolute Gasteiger partial charge is 0.459 e. The highest BCUT2D eigenvalue weighted by atomic mass is 16.4. The first-order chi connectivity index (χ1) is 14.1. The molecule has 5 N–H and O–H groups in total. The second kappa shape index (κ2) is 8.57. The molecular formula is C22H28BN3O3. The SMILES string of the molecule is NCc1cccc(C2CCN(C(=O)c3ccc4c(c3)C(B(O)O)CCN4)CC2)c1. The second-order valence-electron chi connectivity index (χ2n) is 8.05. The van der Waals surface area contributed by atoms with Crippen molar-refractivity contribution in [2.75, 3.05) is 25.0 Å². The van der Waals surface area contributed by atoms with Crippen molar-refractivity contribution in [1.82, 2.24) is 4.90 Å². The molecule has 0 spiro atoms. The zero-order chi connectivity index (χ0) is 20.4. The van der Waals surface area contributed by atoms with Crippen molar-refractivity contribution in [3.8, 4) is 0 Å². The molecule has 2 heterocycles. The molecule has 4 rings (SSSR count). The van der Waals surface area contributed by atoms with Crippen LogP contribution in [0.1, 0.15) is 58.0 Å². The van der Waals surface area contributed by atoms with Crippen LogP contribution < -0.4 is 11.1 Å². The first-order valence-corrected chi connectivity index (χ1v) is 10.4. The van der Waals surface area contributed by atoms with E-state index in [2.05, 4.69) is 23.5 Å². The van der Waals surface area contributed by atoms with E-state index in [9.17, 15) is 14.8 Å². The Morgan fingerprint density at radius 1 is 1.14 bits per heavy atom. The van der Waals surface area contributed by atoms with Gasteiger partial charge in [0.1, 0.15) is 0 Å². The number of carbonyl (C=O) groups excluding carboxylic acids is 1. The number of nitrogens with two attached hydrogens (primary N) is 1. The summed E-state index contributed by atoms with van der Waals surface area (Å²) >= 11 is 0. The smallest absolute Gasteiger partial charge is 0.427 e. The van der Waals surface area contributed by atoms with E-state index in [0.29, 0.717) is 31.0 Å². The molecule has 1 atom stereocenters. The Labute approximate surface area is 171 Å². The molecule has 0 radical (unpaired) electrons. The Morgan fingerprint density at radius 3 is 2.66 bits per heavy atom. The number of nitrogens with zero attached hydrogens (tertiary/aromatic N) is 1. The molecule has 7 heteroatoms. The summed E-state index contributed by atoms with van der Waals surface area (Å²) in [6.07, 6.45) is 2.50. The van der Waals surface area contributed by atoms with Gasteiger partial charge in [0.05, 0.1) is 0 Å². The third kappa shape index (κ3) is 4.17. The van der Waals surface area contributed by atoms with Gasteiger partial charge in [-0.2, -0.15) is 0 Å². The Kier molecular flexibility index (Phi) is 5.90. The van der Waals surface area contributed by atoms with E-state index in [1.165, 1.54) is 5.56 Å². The maximum atomic E-state index is 13.1. The number of nitrogens with one attached hydrogen (secondary N) is 1. The summed E-state index contributed by atoms with van der Waals surface area (Å²) in [6, 6.07) is 14.0. The number of hydrogen-bond donors (Lipinski definition) is 4. The minimum Gasteiger partial charge on any atom is -0.427 e. The number of carbonyl (C=O) groups is 1. The van der Waals surface area contributed by atoms with Gasteiger partial charge in [0, 0.05) is 43.2 Å². The molecule has 1 amide bonds. The topological polar surface area (TPSA) is 98.8 Å². The molecule has 1 saturated heterocycles. The average molecular weight is 393 g/mol. The zero-order valence-corrected chi connectivity index (χ0v) is 16.6. The van der Waals surface area contributed by atoms with Crippen LogP contribution in [-0.2, 0) is 6.54 Å². The van der Waals surface area contributed by atoms with Gasteiger partial charge in [-0.15, -0.1) is 0 Å². The number of amides is 1. The lowest BCUT2D eigenvalue weighted by Crippen LogP contribution is -2.38. The van der Waals surface area contributed by atoms with Crippen LogP contribution in [0.5, 0.6) is 0 Å². The lowest BCUT2D eigenvalue weighted by molar-refractivity contribution is 0.0713. The van der Waals surface area contributed by atoms with Gasteiger partial charge in [-0.05, 0) is 60.1 Å². The summed E-state index contributed by atoms with van der Waals surface area (Å²) in [7, 11) is -1.42. The van der Waals surface area contributed by atoms with Crippen LogP contribution in [0, 0.1) is 0 Å². The predicted octanol–water partition coefficient (Wildman–Crippen LogP) is 2.08. The normalized spacial score (nSPS) is 19.4. The monoisotopic (exact) mass is 393 g/mol. The summed E-state index contributed by atoms with van der Waals surface area (Å²) in [5, 5.41) is 22.7. The molecule has 1 unspecified atom stereocenters. The van der Waals surface area contributed by atoms with Crippen LogP contribution in [-0.4, -0.2) is 47.6 Å². The molecule has 6 nitrogen and oxygen atoms in total. The fraction of sp³-hybridized carbons (Fsp3) is 0.409. The fourth-order valence-corrected chi connectivity index (χ4v) is 4.56. The number of rotatable bonds is 4. The van der Waals surface area contributed by atoms with E-state index >= 15 is 0 Å². The first kappa shape index (κ1) is 19.9. The molecule has 1 fully saturated rings. The van der Waals surface area contributed by atoms with Crippen LogP contribution in [0.15, 0.2) is 42.5 Å². The standard InChI is InChI=1S/C22H28BN3O3/c24-14-15-2-1-3-17(12-15)16-7-10-26(11-8-16)22(27)18-4-5-21-19(13-18)20(23(28)29)6-9-25-21/h1-5,12-13,16,20,25,28-29H,6-11,14,24H2. The summed E-state index contributed by atoms with van der Waals surface area (Å²) in [5.74, 6) is 0.102.